The Morgan fingerprint density at radius 3 is 2.00 bits per heavy atom. The fraction of sp³-hybridized carbons (Fsp3) is 0.151. The Labute approximate surface area is 358 Å². The van der Waals surface area contributed by atoms with Crippen LogP contribution < -0.4 is 22.5 Å². The molecule has 276 valence electrons. The second-order valence-corrected chi connectivity index (χ2v) is 23.1. The average molecular weight is 812 g/mol. The average Bonchev–Trinajstić information content (AvgIpc) is 3.83. The van der Waals surface area contributed by atoms with E-state index in [-0.39, 0.29) is 15.3 Å². The molecular formula is C53H45GeN3. The summed E-state index contributed by atoms with van der Waals surface area (Å²) in [5, 5.41) is 3.62. The van der Waals surface area contributed by atoms with Gasteiger partial charge in [0, 0.05) is 0 Å². The molecule has 0 bridgehead atoms. The van der Waals surface area contributed by atoms with Crippen LogP contribution in [-0.2, 0) is 5.41 Å². The van der Waals surface area contributed by atoms with Crippen LogP contribution in [0.1, 0.15) is 65.7 Å². The van der Waals surface area contributed by atoms with Gasteiger partial charge >= 0.3 is 348 Å². The molecule has 2 aromatic heterocycles. The Morgan fingerprint density at radius 2 is 1.28 bits per heavy atom. The van der Waals surface area contributed by atoms with E-state index in [1.54, 1.807) is 18.2 Å². The van der Waals surface area contributed by atoms with Gasteiger partial charge in [0.2, 0.25) is 0 Å². The summed E-state index contributed by atoms with van der Waals surface area (Å²) in [6, 6.07) is 15.3. The number of anilines is 2. The SMILES string of the molecule is [2H]c1c([2H])c([2H])[c]([Ge]([c]2cccc(-n3c4ccc(N5c6ccncc6C6(C)CCCCC56C)cc4c4ccc5ccccc5c43)c2)([c]2c([2H])c([2H])c([2H])c([2H])c2[2H])[c]2c([2H])c([2H])c([2H])c([2H])c2[2H])c([2H])c1[2H]. The van der Waals surface area contributed by atoms with E-state index in [0.717, 1.165) is 69.6 Å². The Bertz CT molecular complexity index is 3600. The topological polar surface area (TPSA) is 21.1 Å². The van der Waals surface area contributed by atoms with Crippen molar-refractivity contribution in [3.8, 4) is 5.69 Å². The van der Waals surface area contributed by atoms with Gasteiger partial charge in [-0.25, -0.2) is 0 Å². The Hall–Kier alpha value is -5.91. The van der Waals surface area contributed by atoms with Crippen LogP contribution >= 0.6 is 0 Å². The third-order valence-electron chi connectivity index (χ3n) is 13.0. The van der Waals surface area contributed by atoms with Crippen LogP contribution in [0, 0.1) is 0 Å². The van der Waals surface area contributed by atoms with Crippen LogP contribution in [0.15, 0.2) is 188 Å². The van der Waals surface area contributed by atoms with Gasteiger partial charge in [-0.05, 0) is 0 Å². The summed E-state index contributed by atoms with van der Waals surface area (Å²) in [4.78, 5) is 7.06. The molecule has 1 fully saturated rings. The van der Waals surface area contributed by atoms with E-state index in [4.69, 9.17) is 12.3 Å². The standard InChI is InChI=1S/C53H45GeN3/c1-52-32-14-15-33-53(52,2)57(50-31-34-55-37-48(50)52)44-28-30-49-47(36-44)46-29-27-38-17-12-13-26-45(38)51(46)56(49)43-25-16-24-42(35-43)54(39-18-6-3-7-19-39,40-20-8-4-9-21-40)41-22-10-5-11-23-41/h3-13,16-31,34-37H,14-15,32-33H2,1-2H3/i3D,4D,5D,6D,7D,8D,9D,10D,11D,18D,19D,20D,21D,22D,23D. The predicted octanol–water partition coefficient (Wildman–Crippen LogP) is 10.5. The van der Waals surface area contributed by atoms with Gasteiger partial charge in [-0.3, -0.25) is 4.98 Å². The van der Waals surface area contributed by atoms with Crippen molar-refractivity contribution >= 4 is 74.8 Å². The zero-order valence-electron chi connectivity index (χ0n) is 46.4. The number of hydrogen-bond acceptors (Lipinski definition) is 2. The first-order chi connectivity index (χ1) is 34.2. The number of benzene rings is 7. The van der Waals surface area contributed by atoms with Crippen LogP contribution in [0.3, 0.4) is 0 Å². The van der Waals surface area contributed by atoms with E-state index in [2.05, 4.69) is 60.1 Å². The first-order valence-electron chi connectivity index (χ1n) is 26.8. The molecule has 11 rings (SSSR count). The normalized spacial score (nSPS) is 22.9. The van der Waals surface area contributed by atoms with Crippen LogP contribution in [0.2, 0.25) is 0 Å². The number of aromatic nitrogens is 2. The van der Waals surface area contributed by atoms with E-state index in [1.165, 1.54) is 5.56 Å². The first-order valence-corrected chi connectivity index (χ1v) is 23.5. The quantitative estimate of drug-likeness (QED) is 0.156. The molecule has 3 nitrogen and oxygen atoms in total. The third-order valence-corrected chi connectivity index (χ3v) is 21.7. The monoisotopic (exact) mass is 812 g/mol. The van der Waals surface area contributed by atoms with Gasteiger partial charge in [0.25, 0.3) is 0 Å². The van der Waals surface area contributed by atoms with Crippen molar-refractivity contribution in [3.05, 3.63) is 194 Å². The fourth-order valence-electron chi connectivity index (χ4n) is 10.1. The molecule has 0 saturated heterocycles. The molecule has 0 spiro atoms. The molecule has 2 aliphatic rings. The summed E-state index contributed by atoms with van der Waals surface area (Å²) < 4.78 is 138. The summed E-state index contributed by atoms with van der Waals surface area (Å²) in [6.07, 6.45) is 8.02. The van der Waals surface area contributed by atoms with Gasteiger partial charge < -0.3 is 0 Å². The van der Waals surface area contributed by atoms with E-state index in [0.29, 0.717) is 5.69 Å². The molecule has 3 heterocycles. The molecule has 0 amide bonds. The second kappa shape index (κ2) is 13.1. The van der Waals surface area contributed by atoms with E-state index >= 15 is 0 Å². The minimum atomic E-state index is -6.28. The summed E-state index contributed by atoms with van der Waals surface area (Å²) in [7, 11) is 0. The predicted molar refractivity (Wildman–Crippen MR) is 243 cm³/mol. The molecule has 0 radical (unpaired) electrons. The first kappa shape index (κ1) is 22.1. The van der Waals surface area contributed by atoms with Crippen molar-refractivity contribution in [2.45, 2.75) is 50.5 Å². The number of rotatable bonds is 6. The van der Waals surface area contributed by atoms with Crippen molar-refractivity contribution in [2.75, 3.05) is 4.90 Å². The van der Waals surface area contributed by atoms with Gasteiger partial charge in [-0.2, -0.15) is 0 Å². The second-order valence-electron chi connectivity index (χ2n) is 15.6. The molecule has 7 aromatic carbocycles. The van der Waals surface area contributed by atoms with Crippen molar-refractivity contribution in [1.29, 1.82) is 0 Å². The van der Waals surface area contributed by atoms with Crippen LogP contribution in [0.4, 0.5) is 11.4 Å². The van der Waals surface area contributed by atoms with Gasteiger partial charge in [0.1, 0.15) is 0 Å². The van der Waals surface area contributed by atoms with Gasteiger partial charge in [0.05, 0.1) is 0 Å². The maximum absolute atomic E-state index is 9.59. The van der Waals surface area contributed by atoms with Gasteiger partial charge in [0.15, 0.2) is 0 Å². The van der Waals surface area contributed by atoms with Crippen molar-refractivity contribution in [2.24, 2.45) is 0 Å². The number of fused-ring (bicyclic) bond motifs is 8. The Balaban J connectivity index is 1.30. The molecule has 9 aromatic rings. The number of hydrogen-bond donors (Lipinski definition) is 0. The van der Waals surface area contributed by atoms with Gasteiger partial charge in [-0.1, -0.05) is 6.42 Å². The molecular weight excluding hydrogens is 751 g/mol. The van der Waals surface area contributed by atoms with Crippen LogP contribution in [-0.4, -0.2) is 28.4 Å². The van der Waals surface area contributed by atoms with E-state index in [1.807, 2.05) is 47.3 Å². The Kier molecular flexibility index (Phi) is 5.08. The summed E-state index contributed by atoms with van der Waals surface area (Å²) in [5.41, 5.74) is 4.90. The molecule has 0 N–H and O–H groups in total. The van der Waals surface area contributed by atoms with Gasteiger partial charge in [-0.15, -0.1) is 0 Å². The van der Waals surface area contributed by atoms with Crippen molar-refractivity contribution in [3.63, 3.8) is 0 Å². The minimum absolute atomic E-state index is 0.0849. The molecule has 2 atom stereocenters. The third kappa shape index (κ3) is 4.88. The molecule has 4 heteroatoms. The zero-order valence-corrected chi connectivity index (χ0v) is 33.5. The fourth-order valence-corrected chi connectivity index (χ4v) is 18.2. The van der Waals surface area contributed by atoms with Crippen molar-refractivity contribution in [1.82, 2.24) is 9.55 Å². The summed E-state index contributed by atoms with van der Waals surface area (Å²) in [6.45, 7) is 4.69. The molecule has 1 aliphatic heterocycles. The number of nitrogens with zero attached hydrogens (tertiary/aromatic N) is 3. The van der Waals surface area contributed by atoms with Crippen LogP contribution in [0.5, 0.6) is 0 Å². The summed E-state index contributed by atoms with van der Waals surface area (Å²) >= 11 is -6.28. The Morgan fingerprint density at radius 1 is 0.596 bits per heavy atom. The summed E-state index contributed by atoms with van der Waals surface area (Å²) in [5.74, 6) is 0. The van der Waals surface area contributed by atoms with E-state index in [9.17, 15) is 8.22 Å². The zero-order chi connectivity index (χ0) is 51.2. The van der Waals surface area contributed by atoms with Crippen molar-refractivity contribution < 1.29 is 20.6 Å². The van der Waals surface area contributed by atoms with E-state index < -0.39 is 117 Å². The molecule has 1 aliphatic carbocycles. The molecule has 1 saturated carbocycles. The maximum atomic E-state index is 9.59. The molecule has 2 unspecified atom stereocenters. The molecule has 57 heavy (non-hydrogen) atoms. The van der Waals surface area contributed by atoms with Crippen LogP contribution in [0.25, 0.3) is 38.3 Å². The number of pyridine rings is 1.